The number of carbonyl (C=O) groups is 1. The van der Waals surface area contributed by atoms with Crippen molar-refractivity contribution < 1.29 is 9.53 Å². The van der Waals surface area contributed by atoms with Crippen LogP contribution in [0.15, 0.2) is 0 Å². The van der Waals surface area contributed by atoms with Crippen LogP contribution in [0.25, 0.3) is 0 Å². The van der Waals surface area contributed by atoms with Crippen LogP contribution in [0.3, 0.4) is 0 Å². The van der Waals surface area contributed by atoms with Gasteiger partial charge in [0, 0.05) is 5.25 Å². The predicted molar refractivity (Wildman–Crippen MR) is 44.3 cm³/mol. The minimum Gasteiger partial charge on any atom is -0.455 e. The third-order valence-electron chi connectivity index (χ3n) is 0.664. The van der Waals surface area contributed by atoms with Crippen LogP contribution in [-0.4, -0.2) is 16.7 Å². The van der Waals surface area contributed by atoms with E-state index in [4.69, 9.17) is 4.74 Å². The van der Waals surface area contributed by atoms with E-state index in [0.717, 1.165) is 0 Å². The van der Waals surface area contributed by atoms with E-state index in [-0.39, 0.29) is 11.4 Å². The van der Waals surface area contributed by atoms with Gasteiger partial charge in [-0.1, -0.05) is 13.8 Å². The van der Waals surface area contributed by atoms with Crippen LogP contribution in [0, 0.1) is 0 Å². The van der Waals surface area contributed by atoms with E-state index < -0.39 is 0 Å². The summed E-state index contributed by atoms with van der Waals surface area (Å²) in [6.45, 7) is 7.62. The van der Waals surface area contributed by atoms with Crippen LogP contribution in [-0.2, 0) is 4.74 Å². The van der Waals surface area contributed by atoms with Crippen molar-refractivity contribution in [3.8, 4) is 0 Å². The monoisotopic (exact) mass is 162 g/mol. The molecule has 0 radical (unpaired) electrons. The maximum atomic E-state index is 10.8. The van der Waals surface area contributed by atoms with Crippen molar-refractivity contribution in [2.75, 3.05) is 0 Å². The van der Waals surface area contributed by atoms with Crippen LogP contribution in [0.1, 0.15) is 27.7 Å². The molecule has 0 amide bonds. The number of ether oxygens (including phenoxy) is 1. The molecule has 0 saturated heterocycles. The molecule has 0 N–H and O–H groups in total. The molecule has 0 unspecified atom stereocenters. The SMILES string of the molecule is CC(C)OC(=O)SC(C)C. The second-order valence-corrected chi connectivity index (χ2v) is 4.10. The van der Waals surface area contributed by atoms with Gasteiger partial charge in [0.25, 0.3) is 0 Å². The van der Waals surface area contributed by atoms with Gasteiger partial charge in [0.2, 0.25) is 0 Å². The Morgan fingerprint density at radius 3 is 2.10 bits per heavy atom. The highest BCUT2D eigenvalue weighted by atomic mass is 32.2. The van der Waals surface area contributed by atoms with Crippen LogP contribution < -0.4 is 0 Å². The van der Waals surface area contributed by atoms with E-state index in [1.807, 2.05) is 27.7 Å². The smallest absolute Gasteiger partial charge is 0.367 e. The Bertz CT molecular complexity index is 98.2. The fourth-order valence-corrected chi connectivity index (χ4v) is 1.05. The molecule has 3 heteroatoms. The van der Waals surface area contributed by atoms with E-state index in [9.17, 15) is 4.79 Å². The molecular formula is C7H14O2S. The molecule has 0 saturated carbocycles. The molecule has 0 aliphatic carbocycles. The average molecular weight is 162 g/mol. The van der Waals surface area contributed by atoms with Crippen molar-refractivity contribution in [3.05, 3.63) is 0 Å². The number of hydrogen-bond donors (Lipinski definition) is 0. The first-order valence-electron chi connectivity index (χ1n) is 3.39. The maximum Gasteiger partial charge on any atom is 0.367 e. The van der Waals surface area contributed by atoms with Gasteiger partial charge in [0.1, 0.15) is 0 Å². The van der Waals surface area contributed by atoms with Crippen molar-refractivity contribution in [1.82, 2.24) is 0 Å². The standard InChI is InChI=1S/C7H14O2S/c1-5(2)9-7(8)10-6(3)4/h5-6H,1-4H3. The molecule has 0 aliphatic rings. The molecule has 0 atom stereocenters. The third kappa shape index (κ3) is 5.95. The zero-order valence-electron chi connectivity index (χ0n) is 6.88. The second-order valence-electron chi connectivity index (χ2n) is 2.58. The summed E-state index contributed by atoms with van der Waals surface area (Å²) in [5.41, 5.74) is 0. The molecular weight excluding hydrogens is 148 g/mol. The molecule has 2 nitrogen and oxygen atoms in total. The highest BCUT2D eigenvalue weighted by molar-refractivity contribution is 8.13. The second kappa shape index (κ2) is 4.61. The van der Waals surface area contributed by atoms with Crippen LogP contribution in [0.5, 0.6) is 0 Å². The van der Waals surface area contributed by atoms with Gasteiger partial charge < -0.3 is 4.74 Å². The van der Waals surface area contributed by atoms with Gasteiger partial charge >= 0.3 is 5.30 Å². The molecule has 0 fully saturated rings. The molecule has 0 bridgehead atoms. The van der Waals surface area contributed by atoms with Crippen LogP contribution in [0.2, 0.25) is 0 Å². The molecule has 10 heavy (non-hydrogen) atoms. The quantitative estimate of drug-likeness (QED) is 0.584. The lowest BCUT2D eigenvalue weighted by atomic mass is 10.5. The lowest BCUT2D eigenvalue weighted by molar-refractivity contribution is 0.142. The van der Waals surface area contributed by atoms with Gasteiger partial charge in [0.05, 0.1) is 6.10 Å². The Kier molecular flexibility index (Phi) is 4.52. The van der Waals surface area contributed by atoms with Crippen molar-refractivity contribution in [2.45, 2.75) is 39.0 Å². The number of thioether (sulfide) groups is 1. The minimum absolute atomic E-state index is 0.00116. The van der Waals surface area contributed by atoms with Crippen molar-refractivity contribution in [2.24, 2.45) is 0 Å². The molecule has 0 aromatic rings. The summed E-state index contributed by atoms with van der Waals surface area (Å²) >= 11 is 1.22. The predicted octanol–water partition coefficient (Wildman–Crippen LogP) is 2.67. The zero-order valence-corrected chi connectivity index (χ0v) is 7.70. The Labute approximate surface area is 66.3 Å². The first kappa shape index (κ1) is 9.82. The van der Waals surface area contributed by atoms with Crippen LogP contribution >= 0.6 is 11.8 Å². The Morgan fingerprint density at radius 2 is 1.80 bits per heavy atom. The fourth-order valence-electron chi connectivity index (χ4n) is 0.413. The first-order valence-corrected chi connectivity index (χ1v) is 4.27. The summed E-state index contributed by atoms with van der Waals surface area (Å²) in [7, 11) is 0. The normalized spacial score (nSPS) is 10.6. The summed E-state index contributed by atoms with van der Waals surface area (Å²) in [6.07, 6.45) is -0.00116. The Balaban J connectivity index is 3.44. The van der Waals surface area contributed by atoms with E-state index in [1.54, 1.807) is 0 Å². The Morgan fingerprint density at radius 1 is 1.30 bits per heavy atom. The molecule has 0 rings (SSSR count). The van der Waals surface area contributed by atoms with Crippen molar-refractivity contribution >= 4 is 17.1 Å². The number of rotatable bonds is 2. The molecule has 0 aromatic carbocycles. The zero-order chi connectivity index (χ0) is 8.15. The highest BCUT2D eigenvalue weighted by Crippen LogP contribution is 2.13. The van der Waals surface area contributed by atoms with Gasteiger partial charge in [0.15, 0.2) is 0 Å². The number of hydrogen-bond acceptors (Lipinski definition) is 3. The van der Waals surface area contributed by atoms with Crippen molar-refractivity contribution in [1.29, 1.82) is 0 Å². The van der Waals surface area contributed by atoms with Crippen LogP contribution in [0.4, 0.5) is 4.79 Å². The van der Waals surface area contributed by atoms with E-state index in [0.29, 0.717) is 5.25 Å². The van der Waals surface area contributed by atoms with Gasteiger partial charge in [-0.2, -0.15) is 0 Å². The van der Waals surface area contributed by atoms with Gasteiger partial charge in [-0.3, -0.25) is 0 Å². The van der Waals surface area contributed by atoms with Crippen molar-refractivity contribution in [3.63, 3.8) is 0 Å². The molecule has 0 aromatic heterocycles. The molecule has 0 aliphatic heterocycles. The highest BCUT2D eigenvalue weighted by Gasteiger charge is 2.07. The lowest BCUT2D eigenvalue weighted by Crippen LogP contribution is -2.08. The van der Waals surface area contributed by atoms with E-state index in [2.05, 4.69) is 0 Å². The minimum atomic E-state index is -0.176. The summed E-state index contributed by atoms with van der Waals surface area (Å²) in [6, 6.07) is 0. The fraction of sp³-hybridized carbons (Fsp3) is 0.857. The first-order chi connectivity index (χ1) is 4.52. The average Bonchev–Trinajstić information content (AvgIpc) is 1.58. The molecule has 60 valence electrons. The summed E-state index contributed by atoms with van der Waals surface area (Å²) in [5.74, 6) is 0. The third-order valence-corrected chi connectivity index (χ3v) is 1.42. The van der Waals surface area contributed by atoms with Gasteiger partial charge in [-0.15, -0.1) is 0 Å². The summed E-state index contributed by atoms with van der Waals surface area (Å²) in [5, 5.41) is 0.135. The Hall–Kier alpha value is -0.180. The summed E-state index contributed by atoms with van der Waals surface area (Å²) < 4.78 is 4.89. The maximum absolute atomic E-state index is 10.8. The van der Waals surface area contributed by atoms with Gasteiger partial charge in [-0.25, -0.2) is 4.79 Å². The summed E-state index contributed by atoms with van der Waals surface area (Å²) in [4.78, 5) is 10.8. The van der Waals surface area contributed by atoms with Gasteiger partial charge in [-0.05, 0) is 25.6 Å². The number of carbonyl (C=O) groups excluding carboxylic acids is 1. The van der Waals surface area contributed by atoms with E-state index >= 15 is 0 Å². The molecule has 0 spiro atoms. The van der Waals surface area contributed by atoms with E-state index in [1.165, 1.54) is 11.8 Å². The largest absolute Gasteiger partial charge is 0.455 e. The lowest BCUT2D eigenvalue weighted by Gasteiger charge is -2.07. The molecule has 0 heterocycles. The topological polar surface area (TPSA) is 26.3 Å².